The molecule has 2 atom stereocenters. The van der Waals surface area contributed by atoms with Gasteiger partial charge in [0.25, 0.3) is 0 Å². The molecule has 3 N–H and O–H groups in total. The quantitative estimate of drug-likeness (QED) is 0.508. The molecule has 1 aromatic carbocycles. The fourth-order valence-corrected chi connectivity index (χ4v) is 2.82. The number of nitrogens with one attached hydrogen (secondary N) is 1. The Morgan fingerprint density at radius 3 is 2.67 bits per heavy atom. The molecular formula is C17H25N3O. The first-order valence-electron chi connectivity index (χ1n) is 7.38. The molecule has 0 aliphatic carbocycles. The van der Waals surface area contributed by atoms with Crippen molar-refractivity contribution in [3.05, 3.63) is 41.5 Å². The lowest BCUT2D eigenvalue weighted by molar-refractivity contribution is 0.120. The summed E-state index contributed by atoms with van der Waals surface area (Å²) in [7, 11) is 0. The van der Waals surface area contributed by atoms with Crippen molar-refractivity contribution >= 4 is 11.6 Å². The third-order valence-corrected chi connectivity index (χ3v) is 3.69. The maximum absolute atomic E-state index is 5.98. The second kappa shape index (κ2) is 6.76. The lowest BCUT2D eigenvalue weighted by Crippen LogP contribution is -2.26. The van der Waals surface area contributed by atoms with E-state index in [2.05, 4.69) is 48.9 Å². The molecule has 1 heterocycles. The summed E-state index contributed by atoms with van der Waals surface area (Å²) in [6.45, 7) is 11.6. The first-order valence-corrected chi connectivity index (χ1v) is 7.38. The van der Waals surface area contributed by atoms with Crippen molar-refractivity contribution < 1.29 is 4.74 Å². The van der Waals surface area contributed by atoms with E-state index in [1.54, 1.807) is 0 Å². The molecule has 1 fully saturated rings. The Labute approximate surface area is 127 Å². The monoisotopic (exact) mass is 287 g/mol. The zero-order chi connectivity index (χ0) is 15.4. The van der Waals surface area contributed by atoms with E-state index in [9.17, 15) is 0 Å². The van der Waals surface area contributed by atoms with Crippen LogP contribution in [0.15, 0.2) is 35.3 Å². The van der Waals surface area contributed by atoms with Gasteiger partial charge in [0.2, 0.25) is 0 Å². The summed E-state index contributed by atoms with van der Waals surface area (Å²) in [6, 6.07) is 6.25. The third-order valence-electron chi connectivity index (χ3n) is 3.69. The maximum atomic E-state index is 5.98. The highest BCUT2D eigenvalue weighted by atomic mass is 16.5. The molecule has 0 spiro atoms. The third kappa shape index (κ3) is 4.33. The van der Waals surface area contributed by atoms with E-state index >= 15 is 0 Å². The number of benzene rings is 1. The summed E-state index contributed by atoms with van der Waals surface area (Å²) in [5.74, 6) is 0.828. The molecule has 0 radical (unpaired) electrons. The minimum atomic E-state index is 0.114. The van der Waals surface area contributed by atoms with Crippen LogP contribution in [0.4, 0.5) is 5.69 Å². The number of hydrogen-bond donors (Lipinski definition) is 2. The Morgan fingerprint density at radius 2 is 2.05 bits per heavy atom. The van der Waals surface area contributed by atoms with E-state index in [1.165, 1.54) is 11.1 Å². The van der Waals surface area contributed by atoms with Crippen molar-refractivity contribution in [2.75, 3.05) is 18.5 Å². The minimum Gasteiger partial charge on any atom is -0.374 e. The number of nitrogens with zero attached hydrogens (tertiary/aromatic N) is 1. The van der Waals surface area contributed by atoms with Crippen LogP contribution in [0.1, 0.15) is 24.5 Å². The summed E-state index contributed by atoms with van der Waals surface area (Å²) < 4.78 is 5.68. The van der Waals surface area contributed by atoms with Crippen LogP contribution in [0, 0.1) is 19.8 Å². The molecule has 0 amide bonds. The number of anilines is 1. The molecule has 0 bridgehead atoms. The van der Waals surface area contributed by atoms with E-state index in [1.807, 2.05) is 6.92 Å². The summed E-state index contributed by atoms with van der Waals surface area (Å²) >= 11 is 0. The topological polar surface area (TPSA) is 59.6 Å². The van der Waals surface area contributed by atoms with Crippen LogP contribution in [-0.4, -0.2) is 25.2 Å². The predicted octanol–water partition coefficient (Wildman–Crippen LogP) is 3.01. The van der Waals surface area contributed by atoms with Crippen LogP contribution >= 0.6 is 0 Å². The van der Waals surface area contributed by atoms with Crippen LogP contribution in [0.3, 0.4) is 0 Å². The Balaban J connectivity index is 1.96. The van der Waals surface area contributed by atoms with Crippen molar-refractivity contribution in [1.29, 1.82) is 0 Å². The summed E-state index contributed by atoms with van der Waals surface area (Å²) in [4.78, 5) is 4.46. The first-order chi connectivity index (χ1) is 9.95. The molecule has 1 aliphatic rings. The summed E-state index contributed by atoms with van der Waals surface area (Å²) in [5, 5.41) is 3.16. The number of rotatable bonds is 4. The van der Waals surface area contributed by atoms with Gasteiger partial charge in [-0.05, 0) is 50.5 Å². The largest absolute Gasteiger partial charge is 0.374 e. The smallest absolute Gasteiger partial charge is 0.193 e. The number of hydrogen-bond acceptors (Lipinski definition) is 2. The fraction of sp³-hybridized carbons (Fsp3) is 0.471. The average Bonchev–Trinajstić information content (AvgIpc) is 2.83. The van der Waals surface area contributed by atoms with Crippen molar-refractivity contribution in [1.82, 2.24) is 0 Å². The van der Waals surface area contributed by atoms with Gasteiger partial charge in [0.1, 0.15) is 0 Å². The van der Waals surface area contributed by atoms with Gasteiger partial charge in [-0.15, -0.1) is 0 Å². The predicted molar refractivity (Wildman–Crippen MR) is 88.7 cm³/mol. The fourth-order valence-electron chi connectivity index (χ4n) is 2.82. The molecule has 1 saturated heterocycles. The van der Waals surface area contributed by atoms with Gasteiger partial charge >= 0.3 is 0 Å². The van der Waals surface area contributed by atoms with Gasteiger partial charge in [0, 0.05) is 24.8 Å². The van der Waals surface area contributed by atoms with Crippen LogP contribution in [0.25, 0.3) is 0 Å². The Morgan fingerprint density at radius 1 is 1.38 bits per heavy atom. The number of ether oxygens (including phenoxy) is 1. The lowest BCUT2D eigenvalue weighted by atomic mass is 9.97. The van der Waals surface area contributed by atoms with E-state index in [-0.39, 0.29) is 6.10 Å². The number of aliphatic imine (C=N–C) groups is 1. The lowest BCUT2D eigenvalue weighted by Gasteiger charge is -2.17. The molecule has 4 nitrogen and oxygen atoms in total. The van der Waals surface area contributed by atoms with Gasteiger partial charge < -0.3 is 15.8 Å². The number of nitrogens with two attached hydrogens (primary N) is 1. The highest BCUT2D eigenvalue weighted by Gasteiger charge is 2.28. The highest BCUT2D eigenvalue weighted by molar-refractivity contribution is 5.92. The normalized spacial score (nSPS) is 22.3. The van der Waals surface area contributed by atoms with E-state index < -0.39 is 0 Å². The van der Waals surface area contributed by atoms with Crippen molar-refractivity contribution in [3.8, 4) is 0 Å². The molecule has 1 aliphatic heterocycles. The van der Waals surface area contributed by atoms with Crippen LogP contribution in [0.5, 0.6) is 0 Å². The highest BCUT2D eigenvalue weighted by Crippen LogP contribution is 2.26. The Kier molecular flexibility index (Phi) is 5.02. The zero-order valence-corrected chi connectivity index (χ0v) is 13.1. The van der Waals surface area contributed by atoms with Crippen molar-refractivity contribution in [2.45, 2.75) is 33.3 Å². The molecule has 2 unspecified atom stereocenters. The number of aryl methyl sites for hydroxylation is 2. The molecule has 4 heteroatoms. The molecule has 1 aromatic rings. The molecule has 114 valence electrons. The molecule has 2 rings (SSSR count). The van der Waals surface area contributed by atoms with Gasteiger partial charge in [-0.25, -0.2) is 0 Å². The van der Waals surface area contributed by atoms with E-state index in [4.69, 9.17) is 10.5 Å². The first kappa shape index (κ1) is 15.6. The standard InChI is InChI=1S/C17H25N3O/c1-11(2)16-14(5-6-21-16)10-19-17(18)20-15-8-12(3)7-13(4)9-15/h7-9,14,16H,1,5-6,10H2,2-4H3,(H3,18,19,20). The van der Waals surface area contributed by atoms with E-state index in [0.29, 0.717) is 18.4 Å². The van der Waals surface area contributed by atoms with Gasteiger partial charge in [0.15, 0.2) is 5.96 Å². The van der Waals surface area contributed by atoms with Crippen molar-refractivity contribution in [3.63, 3.8) is 0 Å². The molecular weight excluding hydrogens is 262 g/mol. The van der Waals surface area contributed by atoms with Crippen LogP contribution < -0.4 is 11.1 Å². The zero-order valence-electron chi connectivity index (χ0n) is 13.1. The van der Waals surface area contributed by atoms with E-state index in [0.717, 1.165) is 24.3 Å². The van der Waals surface area contributed by atoms with Gasteiger partial charge in [-0.2, -0.15) is 0 Å². The summed E-state index contributed by atoms with van der Waals surface area (Å²) in [5.41, 5.74) is 10.4. The molecule has 0 saturated carbocycles. The average molecular weight is 287 g/mol. The van der Waals surface area contributed by atoms with Gasteiger partial charge in [-0.1, -0.05) is 18.2 Å². The van der Waals surface area contributed by atoms with Crippen LogP contribution in [0.2, 0.25) is 0 Å². The van der Waals surface area contributed by atoms with Crippen LogP contribution in [-0.2, 0) is 4.74 Å². The van der Waals surface area contributed by atoms with Crippen molar-refractivity contribution in [2.24, 2.45) is 16.6 Å². The molecule has 0 aromatic heterocycles. The number of guanidine groups is 1. The SMILES string of the molecule is C=C(C)C1OCCC1CN=C(N)Nc1cc(C)cc(C)c1. The second-order valence-corrected chi connectivity index (χ2v) is 5.91. The van der Waals surface area contributed by atoms with Gasteiger partial charge in [0.05, 0.1) is 6.10 Å². The molecule has 21 heavy (non-hydrogen) atoms. The minimum absolute atomic E-state index is 0.114. The summed E-state index contributed by atoms with van der Waals surface area (Å²) in [6.07, 6.45) is 1.13. The second-order valence-electron chi connectivity index (χ2n) is 5.91. The maximum Gasteiger partial charge on any atom is 0.193 e. The Bertz CT molecular complexity index is 531. The van der Waals surface area contributed by atoms with Gasteiger partial charge in [-0.3, -0.25) is 4.99 Å². The Hall–Kier alpha value is -1.81.